The molecule has 0 amide bonds. The van der Waals surface area contributed by atoms with Crippen molar-refractivity contribution in [3.05, 3.63) is 119 Å². The molecule has 6 rings (SSSR count). The molecule has 0 spiro atoms. The minimum Gasteiger partial charge on any atom is -0.512 e. The molecule has 1 radical (unpaired) electrons. The number of benzene rings is 3. The molecule has 2 aliphatic rings. The largest absolute Gasteiger partial charge is 0.512 e. The Bertz CT molecular complexity index is 1600. The molecule has 207 valence electrons. The van der Waals surface area contributed by atoms with E-state index in [1.165, 1.54) is 19.9 Å². The number of allylic oxidation sites excluding steroid dienone is 2. The average Bonchev–Trinajstić information content (AvgIpc) is 2.91. The first-order valence-corrected chi connectivity index (χ1v) is 14.8. The van der Waals surface area contributed by atoms with E-state index < -0.39 is 7.14 Å². The van der Waals surface area contributed by atoms with Crippen LogP contribution in [0.4, 0.5) is 0 Å². The number of fused-ring (bicyclic) bond motifs is 4. The second-order valence-corrected chi connectivity index (χ2v) is 14.0. The fraction of sp³-hybridized carbons (Fsp3) is 0.235. The van der Waals surface area contributed by atoms with Crippen molar-refractivity contribution in [3.63, 3.8) is 0 Å². The van der Waals surface area contributed by atoms with Crippen molar-refractivity contribution in [2.45, 2.75) is 52.4 Å². The SMILES string of the molecule is CC(=O)/C=C(/C)O.CC1(C)c2[c-]c(-c3ccccn3)cc3c2P(=O)(c2ccccc21)c1ccccc1C3(C)C.[Ir]. The van der Waals surface area contributed by atoms with Crippen LogP contribution in [0.25, 0.3) is 11.3 Å². The number of ketones is 1. The molecular weight excluding hydrogens is 694 g/mol. The Morgan fingerprint density at radius 2 is 1.40 bits per heavy atom. The molecule has 0 saturated carbocycles. The zero-order valence-electron chi connectivity index (χ0n) is 23.6. The molecule has 0 bridgehead atoms. The maximum atomic E-state index is 15.3. The summed E-state index contributed by atoms with van der Waals surface area (Å²) in [6, 6.07) is 28.5. The van der Waals surface area contributed by atoms with Crippen LogP contribution in [0.1, 0.15) is 63.8 Å². The molecule has 3 aromatic carbocycles. The summed E-state index contributed by atoms with van der Waals surface area (Å²) in [5, 5.41) is 11.3. The van der Waals surface area contributed by atoms with E-state index in [4.69, 9.17) is 5.11 Å². The molecule has 1 aromatic heterocycles. The molecule has 0 aliphatic carbocycles. The molecule has 4 nitrogen and oxygen atoms in total. The van der Waals surface area contributed by atoms with Crippen molar-refractivity contribution >= 4 is 28.8 Å². The zero-order valence-corrected chi connectivity index (χ0v) is 26.9. The van der Waals surface area contributed by atoms with E-state index in [9.17, 15) is 4.79 Å². The number of hydrogen-bond acceptors (Lipinski definition) is 4. The van der Waals surface area contributed by atoms with Gasteiger partial charge in [-0.1, -0.05) is 93.7 Å². The first-order valence-electron chi connectivity index (χ1n) is 13.1. The maximum absolute atomic E-state index is 15.3. The van der Waals surface area contributed by atoms with Crippen molar-refractivity contribution in [1.82, 2.24) is 4.98 Å². The molecule has 2 aliphatic heterocycles. The molecule has 1 unspecified atom stereocenters. The Hall–Kier alpha value is -3.10. The van der Waals surface area contributed by atoms with Crippen LogP contribution in [-0.2, 0) is 40.3 Å². The molecule has 40 heavy (non-hydrogen) atoms. The molecule has 3 heterocycles. The minimum absolute atomic E-state index is 0. The molecule has 0 fully saturated rings. The summed E-state index contributed by atoms with van der Waals surface area (Å²) < 4.78 is 15.3. The van der Waals surface area contributed by atoms with Crippen LogP contribution in [0, 0.1) is 6.07 Å². The number of carbonyl (C=O) groups excluding carboxylic acids is 1. The number of pyridine rings is 1. The molecule has 0 saturated heterocycles. The van der Waals surface area contributed by atoms with Crippen molar-refractivity contribution in [2.24, 2.45) is 0 Å². The zero-order chi connectivity index (χ0) is 28.2. The summed E-state index contributed by atoms with van der Waals surface area (Å²) in [6.45, 7) is 11.8. The number of carbonyl (C=O) groups is 1. The van der Waals surface area contributed by atoms with Crippen LogP contribution in [0.3, 0.4) is 0 Å². The topological polar surface area (TPSA) is 67.3 Å². The first kappa shape index (κ1) is 29.9. The van der Waals surface area contributed by atoms with E-state index in [0.717, 1.165) is 49.4 Å². The van der Waals surface area contributed by atoms with Crippen molar-refractivity contribution in [2.75, 3.05) is 0 Å². The smallest absolute Gasteiger partial charge is 0.155 e. The van der Waals surface area contributed by atoms with Gasteiger partial charge in [0.2, 0.25) is 0 Å². The van der Waals surface area contributed by atoms with Gasteiger partial charge in [-0.25, -0.2) is 0 Å². The molecule has 1 N–H and O–H groups in total. The molecular formula is C34H33IrNO3P-. The predicted molar refractivity (Wildman–Crippen MR) is 159 cm³/mol. The summed E-state index contributed by atoms with van der Waals surface area (Å²) in [6.07, 6.45) is 2.99. The normalized spacial score (nSPS) is 19.0. The number of hydrogen-bond donors (Lipinski definition) is 1. The standard InChI is InChI=1S/C29H25NOP.C5H8O2.Ir/c1-28(2)20-11-5-7-14-25(20)32(31)26-15-8-6-12-21(26)29(3,4)23-18-19(17-22(28)27(23)32)24-13-9-10-16-30-24;1-4(6)3-5(2)7;/h5-17H,1-4H3;3,6H,1-2H3;/q-1;;/b;4-3-;. The number of rotatable bonds is 2. The van der Waals surface area contributed by atoms with Gasteiger partial charge in [-0.05, 0) is 47.6 Å². The van der Waals surface area contributed by atoms with Crippen molar-refractivity contribution in [3.8, 4) is 11.3 Å². The number of aromatic nitrogens is 1. The minimum atomic E-state index is -3.04. The van der Waals surface area contributed by atoms with Gasteiger partial charge in [0.25, 0.3) is 0 Å². The Kier molecular flexibility index (Phi) is 8.00. The fourth-order valence-electron chi connectivity index (χ4n) is 5.99. The van der Waals surface area contributed by atoms with Gasteiger partial charge >= 0.3 is 0 Å². The Labute approximate surface area is 250 Å². The monoisotopic (exact) mass is 727 g/mol. The van der Waals surface area contributed by atoms with Gasteiger partial charge in [0, 0.05) is 43.0 Å². The molecule has 1 atom stereocenters. The van der Waals surface area contributed by atoms with E-state index in [1.54, 1.807) is 0 Å². The number of aliphatic hydroxyl groups is 1. The summed E-state index contributed by atoms with van der Waals surface area (Å²) in [5.41, 5.74) is 5.71. The van der Waals surface area contributed by atoms with Crippen LogP contribution in [0.5, 0.6) is 0 Å². The van der Waals surface area contributed by atoms with Gasteiger partial charge in [0.15, 0.2) is 5.78 Å². The van der Waals surface area contributed by atoms with E-state index in [2.05, 4.69) is 81.2 Å². The second kappa shape index (κ2) is 10.7. The van der Waals surface area contributed by atoms with Gasteiger partial charge in [-0.2, -0.15) is 0 Å². The third-order valence-electron chi connectivity index (χ3n) is 7.84. The molecule has 6 heteroatoms. The van der Waals surface area contributed by atoms with E-state index >= 15 is 4.57 Å². The van der Waals surface area contributed by atoms with E-state index in [-0.39, 0.29) is 42.5 Å². The van der Waals surface area contributed by atoms with Gasteiger partial charge in [0.1, 0.15) is 7.14 Å². The first-order chi connectivity index (χ1) is 18.4. The Morgan fingerprint density at radius 3 is 1.90 bits per heavy atom. The van der Waals surface area contributed by atoms with Crippen LogP contribution in [0.15, 0.2) is 90.8 Å². The second-order valence-electron chi connectivity index (χ2n) is 11.3. The summed E-state index contributed by atoms with van der Waals surface area (Å²) >= 11 is 0. The Balaban J connectivity index is 0.000000413. The third kappa shape index (κ3) is 4.65. The average molecular weight is 727 g/mol. The van der Waals surface area contributed by atoms with Crippen molar-refractivity contribution < 1.29 is 34.6 Å². The molecule has 4 aromatic rings. The van der Waals surface area contributed by atoms with Gasteiger partial charge in [0.05, 0.1) is 5.76 Å². The Morgan fingerprint density at radius 1 is 0.850 bits per heavy atom. The van der Waals surface area contributed by atoms with Crippen LogP contribution < -0.4 is 15.9 Å². The van der Waals surface area contributed by atoms with Gasteiger partial charge < -0.3 is 14.7 Å². The number of aliphatic hydroxyl groups excluding tert-OH is 1. The van der Waals surface area contributed by atoms with Gasteiger partial charge in [-0.3, -0.25) is 4.79 Å². The van der Waals surface area contributed by atoms with Crippen LogP contribution in [0.2, 0.25) is 0 Å². The fourth-order valence-corrected chi connectivity index (χ4v) is 10.0. The maximum Gasteiger partial charge on any atom is 0.155 e. The summed E-state index contributed by atoms with van der Waals surface area (Å²) in [4.78, 5) is 14.6. The summed E-state index contributed by atoms with van der Waals surface area (Å²) in [5.74, 6) is -0.0625. The predicted octanol–water partition coefficient (Wildman–Crippen LogP) is 6.50. The number of nitrogens with zero attached hydrogens (tertiary/aromatic N) is 1. The summed E-state index contributed by atoms with van der Waals surface area (Å²) in [7, 11) is -3.04. The third-order valence-corrected chi connectivity index (χ3v) is 11.1. The van der Waals surface area contributed by atoms with E-state index in [0.29, 0.717) is 0 Å². The van der Waals surface area contributed by atoms with Crippen molar-refractivity contribution in [1.29, 1.82) is 0 Å². The van der Waals surface area contributed by atoms with Crippen LogP contribution >= 0.6 is 7.14 Å². The van der Waals surface area contributed by atoms with Crippen LogP contribution in [-0.4, -0.2) is 15.9 Å². The quantitative estimate of drug-likeness (QED) is 0.111. The van der Waals surface area contributed by atoms with Gasteiger partial charge in [-0.15, -0.1) is 28.8 Å². The van der Waals surface area contributed by atoms with E-state index in [1.807, 2.05) is 36.5 Å².